The first-order chi connectivity index (χ1) is 8.00. The Morgan fingerprint density at radius 1 is 1.53 bits per heavy atom. The number of hydrogen-bond acceptors (Lipinski definition) is 2. The number of alkyl carbamates (subject to hydrolysis) is 1. The summed E-state index contributed by atoms with van der Waals surface area (Å²) in [6, 6.07) is 4.48. The second-order valence-corrected chi connectivity index (χ2v) is 4.29. The summed E-state index contributed by atoms with van der Waals surface area (Å²) in [5, 5.41) is 2.92. The summed E-state index contributed by atoms with van der Waals surface area (Å²) in [4.78, 5) is 11.2. The molecular formula is C12H15ClFNO2. The van der Waals surface area contributed by atoms with E-state index >= 15 is 0 Å². The molecule has 0 aliphatic heterocycles. The molecule has 0 bridgehead atoms. The van der Waals surface area contributed by atoms with Gasteiger partial charge in [0.05, 0.1) is 6.61 Å². The SMILES string of the molecule is CC(C)NC(=O)OCCc1c(F)cccc1Cl. The van der Waals surface area contributed by atoms with Gasteiger partial charge in [-0.05, 0) is 26.0 Å². The average molecular weight is 260 g/mol. The predicted molar refractivity (Wildman–Crippen MR) is 64.7 cm³/mol. The summed E-state index contributed by atoms with van der Waals surface area (Å²) in [6.07, 6.45) is -0.246. The molecule has 17 heavy (non-hydrogen) atoms. The first-order valence-corrected chi connectivity index (χ1v) is 5.74. The lowest BCUT2D eigenvalue weighted by Gasteiger charge is -2.10. The summed E-state index contributed by atoms with van der Waals surface area (Å²) in [6.45, 7) is 3.75. The van der Waals surface area contributed by atoms with Gasteiger partial charge in [0, 0.05) is 23.0 Å². The molecule has 0 aliphatic rings. The molecule has 0 atom stereocenters. The van der Waals surface area contributed by atoms with Crippen molar-refractivity contribution in [1.29, 1.82) is 0 Å². The number of ether oxygens (including phenoxy) is 1. The van der Waals surface area contributed by atoms with Crippen LogP contribution < -0.4 is 5.32 Å². The molecule has 1 aromatic carbocycles. The number of benzene rings is 1. The Kier molecular flexibility index (Phi) is 5.22. The van der Waals surface area contributed by atoms with Crippen LogP contribution in [0.25, 0.3) is 0 Å². The molecule has 0 aromatic heterocycles. The van der Waals surface area contributed by atoms with Crippen LogP contribution in [0.3, 0.4) is 0 Å². The third-order valence-corrected chi connectivity index (χ3v) is 2.41. The van der Waals surface area contributed by atoms with E-state index in [2.05, 4.69) is 5.32 Å². The Labute approximate surface area is 105 Å². The topological polar surface area (TPSA) is 38.3 Å². The molecule has 0 saturated carbocycles. The fourth-order valence-corrected chi connectivity index (χ4v) is 1.55. The number of hydrogen-bond donors (Lipinski definition) is 1. The van der Waals surface area contributed by atoms with Crippen LogP contribution in [0.1, 0.15) is 19.4 Å². The quantitative estimate of drug-likeness (QED) is 0.902. The van der Waals surface area contributed by atoms with Crippen LogP contribution in [0.2, 0.25) is 5.02 Å². The number of amides is 1. The van der Waals surface area contributed by atoms with Crippen molar-refractivity contribution in [2.24, 2.45) is 0 Å². The molecule has 0 heterocycles. The maximum Gasteiger partial charge on any atom is 0.407 e. The van der Waals surface area contributed by atoms with Crippen LogP contribution in [-0.2, 0) is 11.2 Å². The van der Waals surface area contributed by atoms with Crippen molar-refractivity contribution in [3.05, 3.63) is 34.6 Å². The van der Waals surface area contributed by atoms with Gasteiger partial charge in [0.1, 0.15) is 5.82 Å². The van der Waals surface area contributed by atoms with Crippen LogP contribution in [0.5, 0.6) is 0 Å². The van der Waals surface area contributed by atoms with E-state index in [0.29, 0.717) is 10.6 Å². The zero-order valence-corrected chi connectivity index (χ0v) is 10.6. The molecule has 1 amide bonds. The number of nitrogens with one attached hydrogen (secondary N) is 1. The van der Waals surface area contributed by atoms with E-state index in [9.17, 15) is 9.18 Å². The molecule has 0 fully saturated rings. The van der Waals surface area contributed by atoms with Gasteiger partial charge >= 0.3 is 6.09 Å². The third-order valence-electron chi connectivity index (χ3n) is 2.05. The Balaban J connectivity index is 2.43. The Morgan fingerprint density at radius 2 is 2.24 bits per heavy atom. The lowest BCUT2D eigenvalue weighted by Crippen LogP contribution is -2.31. The van der Waals surface area contributed by atoms with Crippen molar-refractivity contribution in [1.82, 2.24) is 5.32 Å². The van der Waals surface area contributed by atoms with Crippen molar-refractivity contribution in [2.45, 2.75) is 26.3 Å². The van der Waals surface area contributed by atoms with Crippen LogP contribution in [-0.4, -0.2) is 18.7 Å². The van der Waals surface area contributed by atoms with E-state index < -0.39 is 6.09 Å². The Bertz CT molecular complexity index is 376. The van der Waals surface area contributed by atoms with E-state index in [1.165, 1.54) is 12.1 Å². The highest BCUT2D eigenvalue weighted by molar-refractivity contribution is 6.31. The van der Waals surface area contributed by atoms with Crippen molar-refractivity contribution >= 4 is 17.7 Å². The molecule has 0 spiro atoms. The summed E-state index contributed by atoms with van der Waals surface area (Å²) < 4.78 is 18.2. The second-order valence-electron chi connectivity index (χ2n) is 3.89. The highest BCUT2D eigenvalue weighted by Gasteiger charge is 2.08. The van der Waals surface area contributed by atoms with Crippen LogP contribution in [0.4, 0.5) is 9.18 Å². The summed E-state index contributed by atoms with van der Waals surface area (Å²) in [5.41, 5.74) is 0.367. The zero-order valence-electron chi connectivity index (χ0n) is 9.80. The summed E-state index contributed by atoms with van der Waals surface area (Å²) in [7, 11) is 0. The minimum absolute atomic E-state index is 0.0135. The lowest BCUT2D eigenvalue weighted by atomic mass is 10.1. The standard InChI is InChI=1S/C12H15ClFNO2/c1-8(2)15-12(16)17-7-6-9-10(13)4-3-5-11(9)14/h3-5,8H,6-7H2,1-2H3,(H,15,16). The van der Waals surface area contributed by atoms with E-state index in [-0.39, 0.29) is 24.9 Å². The number of carbonyl (C=O) groups excluding carboxylic acids is 1. The smallest absolute Gasteiger partial charge is 0.407 e. The van der Waals surface area contributed by atoms with E-state index in [1.807, 2.05) is 13.8 Å². The molecular weight excluding hydrogens is 245 g/mol. The first-order valence-electron chi connectivity index (χ1n) is 5.37. The van der Waals surface area contributed by atoms with Gasteiger partial charge < -0.3 is 10.1 Å². The van der Waals surface area contributed by atoms with E-state index in [0.717, 1.165) is 0 Å². The van der Waals surface area contributed by atoms with Crippen LogP contribution in [0, 0.1) is 5.82 Å². The third kappa shape index (κ3) is 4.61. The Hall–Kier alpha value is -1.29. The van der Waals surface area contributed by atoms with Gasteiger partial charge in [0.2, 0.25) is 0 Å². The van der Waals surface area contributed by atoms with Gasteiger partial charge in [-0.3, -0.25) is 0 Å². The van der Waals surface area contributed by atoms with Crippen LogP contribution >= 0.6 is 11.6 Å². The van der Waals surface area contributed by atoms with Gasteiger partial charge in [-0.15, -0.1) is 0 Å². The lowest BCUT2D eigenvalue weighted by molar-refractivity contribution is 0.144. The highest BCUT2D eigenvalue weighted by atomic mass is 35.5. The molecule has 1 aromatic rings. The highest BCUT2D eigenvalue weighted by Crippen LogP contribution is 2.19. The zero-order chi connectivity index (χ0) is 12.8. The van der Waals surface area contributed by atoms with E-state index in [1.54, 1.807) is 6.07 Å². The largest absolute Gasteiger partial charge is 0.449 e. The molecule has 0 saturated heterocycles. The number of halogens is 2. The van der Waals surface area contributed by atoms with Gasteiger partial charge in [-0.2, -0.15) is 0 Å². The molecule has 0 aliphatic carbocycles. The monoisotopic (exact) mass is 259 g/mol. The second kappa shape index (κ2) is 6.45. The average Bonchev–Trinajstić information content (AvgIpc) is 2.21. The normalized spacial score (nSPS) is 10.4. The maximum atomic E-state index is 13.3. The van der Waals surface area contributed by atoms with Crippen molar-refractivity contribution in [3.8, 4) is 0 Å². The summed E-state index contributed by atoms with van der Waals surface area (Å²) in [5.74, 6) is -0.384. The predicted octanol–water partition coefficient (Wildman–Crippen LogP) is 3.16. The molecule has 1 rings (SSSR count). The van der Waals surface area contributed by atoms with Crippen molar-refractivity contribution in [2.75, 3.05) is 6.61 Å². The van der Waals surface area contributed by atoms with Gasteiger partial charge in [-0.1, -0.05) is 17.7 Å². The summed E-state index contributed by atoms with van der Waals surface area (Å²) >= 11 is 5.83. The molecule has 0 unspecified atom stereocenters. The van der Waals surface area contributed by atoms with Gasteiger partial charge in [0.15, 0.2) is 0 Å². The molecule has 0 radical (unpaired) electrons. The molecule has 5 heteroatoms. The Morgan fingerprint density at radius 3 is 2.82 bits per heavy atom. The molecule has 1 N–H and O–H groups in total. The first kappa shape index (κ1) is 13.8. The minimum Gasteiger partial charge on any atom is -0.449 e. The number of carbonyl (C=O) groups is 1. The van der Waals surface area contributed by atoms with Gasteiger partial charge in [0.25, 0.3) is 0 Å². The van der Waals surface area contributed by atoms with E-state index in [4.69, 9.17) is 16.3 Å². The van der Waals surface area contributed by atoms with Gasteiger partial charge in [-0.25, -0.2) is 9.18 Å². The maximum absolute atomic E-state index is 13.3. The minimum atomic E-state index is -0.507. The number of rotatable bonds is 4. The fraction of sp³-hybridized carbons (Fsp3) is 0.417. The van der Waals surface area contributed by atoms with Crippen molar-refractivity contribution in [3.63, 3.8) is 0 Å². The fourth-order valence-electron chi connectivity index (χ4n) is 1.29. The van der Waals surface area contributed by atoms with Crippen molar-refractivity contribution < 1.29 is 13.9 Å². The molecule has 3 nitrogen and oxygen atoms in total. The van der Waals surface area contributed by atoms with Crippen LogP contribution in [0.15, 0.2) is 18.2 Å². The molecule has 94 valence electrons.